The second-order valence-electron chi connectivity index (χ2n) is 12.9. The minimum absolute atomic E-state index is 0.184. The first-order valence-corrected chi connectivity index (χ1v) is 16.4. The van der Waals surface area contributed by atoms with Gasteiger partial charge in [0.1, 0.15) is 11.6 Å². The predicted molar refractivity (Wildman–Crippen MR) is 157 cm³/mol. The average molecular weight is 592 g/mol. The number of hydrogen-bond donors (Lipinski definition) is 2. The second kappa shape index (κ2) is 9.96. The van der Waals surface area contributed by atoms with Crippen molar-refractivity contribution in [3.05, 3.63) is 48.2 Å². The van der Waals surface area contributed by atoms with Crippen molar-refractivity contribution in [1.82, 2.24) is 24.5 Å². The number of nitrogens with zero attached hydrogens (tertiary/aromatic N) is 5. The third-order valence-corrected chi connectivity index (χ3v) is 10.9. The molecular formula is C30H37N7O4S. The summed E-state index contributed by atoms with van der Waals surface area (Å²) in [7, 11) is -4.22. The van der Waals surface area contributed by atoms with Crippen molar-refractivity contribution < 1.29 is 17.9 Å². The number of carbonyl (C=O) groups is 1. The molecule has 11 nitrogen and oxygen atoms in total. The van der Waals surface area contributed by atoms with Crippen LogP contribution in [0.4, 0.5) is 11.6 Å². The Hall–Kier alpha value is -3.67. The largest absolute Gasteiger partial charge is 0.476 e. The fraction of sp³-hybridized carbons (Fsp3) is 0.533. The number of nitrogens with one attached hydrogen (secondary N) is 2. The first-order valence-electron chi connectivity index (χ1n) is 14.9. The van der Waals surface area contributed by atoms with Crippen LogP contribution in [-0.4, -0.2) is 59.3 Å². The summed E-state index contributed by atoms with van der Waals surface area (Å²) in [6, 6.07) is 9.86. The van der Waals surface area contributed by atoms with E-state index in [9.17, 15) is 13.2 Å². The van der Waals surface area contributed by atoms with Gasteiger partial charge in [0, 0.05) is 30.9 Å². The van der Waals surface area contributed by atoms with Gasteiger partial charge in [-0.2, -0.15) is 8.42 Å². The minimum atomic E-state index is -4.22. The van der Waals surface area contributed by atoms with E-state index in [-0.39, 0.29) is 16.1 Å². The molecule has 7 rings (SSSR count). The summed E-state index contributed by atoms with van der Waals surface area (Å²) < 4.78 is 36.3. The Morgan fingerprint density at radius 1 is 1.07 bits per heavy atom. The number of aromatic nitrogens is 4. The number of pyridine rings is 2. The zero-order chi connectivity index (χ0) is 29.1. The Morgan fingerprint density at radius 3 is 2.71 bits per heavy atom. The molecule has 1 saturated heterocycles. The lowest BCUT2D eigenvalue weighted by molar-refractivity contribution is 0.0815. The maximum absolute atomic E-state index is 13.6. The van der Waals surface area contributed by atoms with Crippen LogP contribution in [0.5, 0.6) is 5.88 Å². The molecule has 4 bridgehead atoms. The van der Waals surface area contributed by atoms with E-state index in [4.69, 9.17) is 9.72 Å². The molecule has 2 N–H and O–H groups in total. The SMILES string of the molecule is CC1(C)CC2CCCNc3cccc(n3)S(=O)(=O)NC(=O)c3ccc(-n4ccc(OCC5CCC56CC6)n4)nc3N1C2. The van der Waals surface area contributed by atoms with Crippen molar-refractivity contribution in [2.75, 3.05) is 29.9 Å². The van der Waals surface area contributed by atoms with Gasteiger partial charge in [-0.3, -0.25) is 4.79 Å². The van der Waals surface area contributed by atoms with Gasteiger partial charge in [-0.05, 0) is 100 Å². The molecule has 12 heteroatoms. The van der Waals surface area contributed by atoms with Crippen LogP contribution in [0.25, 0.3) is 5.82 Å². The molecule has 3 aromatic heterocycles. The normalized spacial score (nSPS) is 25.3. The highest BCUT2D eigenvalue weighted by molar-refractivity contribution is 7.90. The van der Waals surface area contributed by atoms with Crippen LogP contribution in [-0.2, 0) is 10.0 Å². The summed E-state index contributed by atoms with van der Waals surface area (Å²) in [6.07, 6.45) is 9.78. The number of carbonyl (C=O) groups excluding carboxylic acids is 1. The third-order valence-electron chi connectivity index (χ3n) is 9.62. The van der Waals surface area contributed by atoms with Gasteiger partial charge in [0.15, 0.2) is 10.8 Å². The number of anilines is 2. The molecule has 2 unspecified atom stereocenters. The monoisotopic (exact) mass is 591 g/mol. The average Bonchev–Trinajstić information content (AvgIpc) is 3.57. The van der Waals surface area contributed by atoms with Crippen LogP contribution >= 0.6 is 0 Å². The number of sulfonamides is 1. The van der Waals surface area contributed by atoms with Gasteiger partial charge < -0.3 is 15.0 Å². The van der Waals surface area contributed by atoms with Crippen molar-refractivity contribution in [3.8, 4) is 11.7 Å². The molecular weight excluding hydrogens is 554 g/mol. The van der Waals surface area contributed by atoms with E-state index in [2.05, 4.69) is 38.9 Å². The lowest BCUT2D eigenvalue weighted by Crippen LogP contribution is -2.41. The maximum Gasteiger partial charge on any atom is 0.281 e. The minimum Gasteiger partial charge on any atom is -0.476 e. The number of ether oxygens (including phenoxy) is 1. The predicted octanol–water partition coefficient (Wildman–Crippen LogP) is 4.16. The first kappa shape index (κ1) is 27.2. The number of fused-ring (bicyclic) bond motifs is 6. The van der Waals surface area contributed by atoms with Gasteiger partial charge >= 0.3 is 0 Å². The summed E-state index contributed by atoms with van der Waals surface area (Å²) in [5.74, 6) is 2.22. The van der Waals surface area contributed by atoms with Crippen molar-refractivity contribution in [3.63, 3.8) is 0 Å². The molecule has 0 aromatic carbocycles. The van der Waals surface area contributed by atoms with E-state index in [1.807, 2.05) is 6.07 Å². The smallest absolute Gasteiger partial charge is 0.281 e. The van der Waals surface area contributed by atoms with Crippen LogP contribution in [0.15, 0.2) is 47.6 Å². The first-order chi connectivity index (χ1) is 20.1. The molecule has 1 spiro atoms. The summed E-state index contributed by atoms with van der Waals surface area (Å²) in [6.45, 7) is 6.34. The topological polar surface area (TPSA) is 131 Å². The summed E-state index contributed by atoms with van der Waals surface area (Å²) >= 11 is 0. The Kier molecular flexibility index (Phi) is 6.45. The van der Waals surface area contributed by atoms with Gasteiger partial charge in [-0.15, -0.1) is 5.10 Å². The molecule has 5 heterocycles. The molecule has 0 radical (unpaired) electrons. The van der Waals surface area contributed by atoms with Gasteiger partial charge in [-0.25, -0.2) is 19.4 Å². The highest BCUT2D eigenvalue weighted by Gasteiger charge is 2.55. The van der Waals surface area contributed by atoms with E-state index in [0.29, 0.717) is 60.3 Å². The zero-order valence-electron chi connectivity index (χ0n) is 24.0. The number of rotatable bonds is 4. The van der Waals surface area contributed by atoms with E-state index < -0.39 is 15.9 Å². The molecule has 2 aliphatic heterocycles. The maximum atomic E-state index is 13.6. The molecule has 2 atom stereocenters. The van der Waals surface area contributed by atoms with Crippen molar-refractivity contribution in [2.45, 2.75) is 69.4 Å². The van der Waals surface area contributed by atoms with E-state index in [1.54, 1.807) is 35.1 Å². The number of hydrogen-bond acceptors (Lipinski definition) is 9. The Morgan fingerprint density at radius 2 is 1.93 bits per heavy atom. The fourth-order valence-electron chi connectivity index (χ4n) is 6.93. The van der Waals surface area contributed by atoms with Crippen LogP contribution in [0.2, 0.25) is 0 Å². The van der Waals surface area contributed by atoms with Gasteiger partial charge in [0.05, 0.1) is 12.2 Å². The zero-order valence-corrected chi connectivity index (χ0v) is 24.9. The van der Waals surface area contributed by atoms with Crippen LogP contribution in [0.3, 0.4) is 0 Å². The lowest BCUT2D eigenvalue weighted by atomic mass is 9.71. The van der Waals surface area contributed by atoms with Crippen LogP contribution in [0, 0.1) is 17.3 Å². The Bertz CT molecular complexity index is 1630. The van der Waals surface area contributed by atoms with E-state index in [1.165, 1.54) is 31.7 Å². The lowest BCUT2D eigenvalue weighted by Gasteiger charge is -2.36. The highest BCUT2D eigenvalue weighted by Crippen LogP contribution is 2.64. The Balaban J connectivity index is 1.21. The molecule has 222 valence electrons. The quantitative estimate of drug-likeness (QED) is 0.459. The van der Waals surface area contributed by atoms with E-state index >= 15 is 0 Å². The summed E-state index contributed by atoms with van der Waals surface area (Å²) in [5.41, 5.74) is 0.431. The molecule has 42 heavy (non-hydrogen) atoms. The number of amides is 1. The third kappa shape index (κ3) is 4.99. The highest BCUT2D eigenvalue weighted by atomic mass is 32.2. The van der Waals surface area contributed by atoms with Crippen molar-refractivity contribution in [2.24, 2.45) is 17.3 Å². The summed E-state index contributed by atoms with van der Waals surface area (Å²) in [4.78, 5) is 24.9. The molecule has 2 saturated carbocycles. The van der Waals surface area contributed by atoms with E-state index in [0.717, 1.165) is 19.3 Å². The summed E-state index contributed by atoms with van der Waals surface area (Å²) in [5, 5.41) is 7.62. The van der Waals surface area contributed by atoms with Crippen molar-refractivity contribution in [1.29, 1.82) is 0 Å². The second-order valence-corrected chi connectivity index (χ2v) is 14.5. The molecule has 1 amide bonds. The molecule has 3 fully saturated rings. The fourth-order valence-corrected chi connectivity index (χ4v) is 7.87. The van der Waals surface area contributed by atoms with Crippen LogP contribution in [0.1, 0.15) is 69.2 Å². The van der Waals surface area contributed by atoms with Gasteiger partial charge in [-0.1, -0.05) is 6.07 Å². The Labute approximate surface area is 246 Å². The van der Waals surface area contributed by atoms with Gasteiger partial charge in [0.25, 0.3) is 15.9 Å². The van der Waals surface area contributed by atoms with Gasteiger partial charge in [0.2, 0.25) is 5.88 Å². The van der Waals surface area contributed by atoms with Crippen molar-refractivity contribution >= 4 is 27.6 Å². The molecule has 4 aliphatic rings. The standard InChI is InChI=1S/C30H37N7O4S/c1-29(2)17-20-5-4-15-31-23-6-3-7-26(32-23)42(39,40)35-28(38)22-8-9-24(33-27(22)36(29)18-20)37-16-11-25(34-37)41-19-21-10-12-30(21)13-14-30/h3,6-9,11,16,20-21H,4-5,10,12-15,17-19H2,1-2H3,(H,31,32)(H,35,38). The van der Waals surface area contributed by atoms with Crippen LogP contribution < -0.4 is 19.7 Å². The molecule has 3 aromatic rings. The molecule has 2 aliphatic carbocycles.